The first-order valence-corrected chi connectivity index (χ1v) is 8.12. The normalized spacial score (nSPS) is 14.2. The Balaban J connectivity index is 0.00000100. The fourth-order valence-corrected chi connectivity index (χ4v) is 2.38. The third-order valence-corrected chi connectivity index (χ3v) is 3.55. The molecule has 2 N–H and O–H groups in total. The van der Waals surface area contributed by atoms with Crippen LogP contribution in [-0.4, -0.2) is 29.3 Å². The van der Waals surface area contributed by atoms with E-state index in [4.69, 9.17) is 15.2 Å². The molecule has 0 amide bonds. The van der Waals surface area contributed by atoms with Crippen molar-refractivity contribution in [3.63, 3.8) is 0 Å². The number of hydrogen-bond donors (Lipinski definition) is 1. The molecule has 6 nitrogen and oxygen atoms in total. The van der Waals surface area contributed by atoms with E-state index in [1.54, 1.807) is 12.1 Å². The van der Waals surface area contributed by atoms with Gasteiger partial charge >= 0.3 is 0 Å². The van der Waals surface area contributed by atoms with Crippen molar-refractivity contribution in [2.75, 3.05) is 18.9 Å². The highest BCUT2D eigenvalue weighted by Gasteiger charge is 2.17. The summed E-state index contributed by atoms with van der Waals surface area (Å²) in [7, 11) is 0. The summed E-state index contributed by atoms with van der Waals surface area (Å²) in [6.45, 7) is 5.40. The van der Waals surface area contributed by atoms with Crippen LogP contribution in [0, 0.1) is 11.3 Å². The predicted octanol–water partition coefficient (Wildman–Crippen LogP) is 3.18. The predicted molar refractivity (Wildman–Crippen MR) is 92.4 cm³/mol. The first kappa shape index (κ1) is 17.7. The lowest BCUT2D eigenvalue weighted by Crippen LogP contribution is -2.26. The third kappa shape index (κ3) is 4.43. The Bertz CT molecular complexity index is 706. The lowest BCUT2D eigenvalue weighted by molar-refractivity contribution is 0.0254. The summed E-state index contributed by atoms with van der Waals surface area (Å²) in [4.78, 5) is 8.04. The van der Waals surface area contributed by atoms with Gasteiger partial charge in [0.1, 0.15) is 30.1 Å². The zero-order chi connectivity index (χ0) is 17.4. The van der Waals surface area contributed by atoms with Gasteiger partial charge in [0.15, 0.2) is 0 Å². The van der Waals surface area contributed by atoms with Gasteiger partial charge in [-0.3, -0.25) is 0 Å². The molecule has 0 spiro atoms. The molecule has 1 aromatic heterocycles. The molecular formula is C18H22N4O2. The van der Waals surface area contributed by atoms with E-state index in [-0.39, 0.29) is 6.10 Å². The molecular weight excluding hydrogens is 304 g/mol. The number of nitrogen functional groups attached to an aromatic ring is 1. The number of anilines is 1. The highest BCUT2D eigenvalue weighted by molar-refractivity contribution is 5.65. The minimum absolute atomic E-state index is 0.0985. The summed E-state index contributed by atoms with van der Waals surface area (Å²) in [5.41, 5.74) is 7.65. The van der Waals surface area contributed by atoms with E-state index in [0.717, 1.165) is 18.4 Å². The van der Waals surface area contributed by atoms with Crippen LogP contribution in [0.2, 0.25) is 0 Å². The highest BCUT2D eigenvalue weighted by atomic mass is 16.5. The van der Waals surface area contributed by atoms with Gasteiger partial charge in [0, 0.05) is 24.5 Å². The Kier molecular flexibility index (Phi) is 6.52. The van der Waals surface area contributed by atoms with Crippen molar-refractivity contribution in [2.45, 2.75) is 32.8 Å². The Morgan fingerprint density at radius 2 is 1.96 bits per heavy atom. The maximum absolute atomic E-state index is 9.36. The van der Waals surface area contributed by atoms with Crippen molar-refractivity contribution in [3.8, 4) is 23.1 Å². The molecule has 3 rings (SSSR count). The monoisotopic (exact) mass is 326 g/mol. The van der Waals surface area contributed by atoms with Crippen LogP contribution in [0.4, 0.5) is 5.82 Å². The van der Waals surface area contributed by atoms with Crippen LogP contribution in [0.15, 0.2) is 30.6 Å². The van der Waals surface area contributed by atoms with E-state index in [0.29, 0.717) is 36.0 Å². The zero-order valence-electron chi connectivity index (χ0n) is 14.0. The van der Waals surface area contributed by atoms with Crippen molar-refractivity contribution >= 4 is 5.82 Å². The number of ether oxygens (including phenoxy) is 2. The van der Waals surface area contributed by atoms with Gasteiger partial charge in [-0.05, 0) is 18.2 Å². The van der Waals surface area contributed by atoms with Gasteiger partial charge in [0.25, 0.3) is 0 Å². The summed E-state index contributed by atoms with van der Waals surface area (Å²) in [5, 5.41) is 9.36. The average molecular weight is 326 g/mol. The largest absolute Gasteiger partial charge is 0.489 e. The second kappa shape index (κ2) is 8.85. The molecule has 1 fully saturated rings. The van der Waals surface area contributed by atoms with Gasteiger partial charge in [-0.2, -0.15) is 5.26 Å². The zero-order valence-corrected chi connectivity index (χ0v) is 14.0. The van der Waals surface area contributed by atoms with Gasteiger partial charge in [-0.25, -0.2) is 9.97 Å². The van der Waals surface area contributed by atoms with E-state index >= 15 is 0 Å². The lowest BCUT2D eigenvalue weighted by atomic mass is 10.1. The number of rotatable bonds is 3. The van der Waals surface area contributed by atoms with Crippen LogP contribution < -0.4 is 10.5 Å². The molecule has 0 saturated carbocycles. The van der Waals surface area contributed by atoms with Crippen LogP contribution in [0.5, 0.6) is 5.75 Å². The number of benzene rings is 1. The molecule has 2 heterocycles. The second-order valence-corrected chi connectivity index (χ2v) is 5.08. The Hall–Kier alpha value is -2.65. The third-order valence-electron chi connectivity index (χ3n) is 3.55. The molecule has 1 aliphatic rings. The molecule has 0 unspecified atom stereocenters. The number of nitrogens with two attached hydrogens (primary N) is 1. The summed E-state index contributed by atoms with van der Waals surface area (Å²) >= 11 is 0. The fraction of sp³-hybridized carbons (Fsp3) is 0.389. The Labute approximate surface area is 142 Å². The van der Waals surface area contributed by atoms with E-state index in [2.05, 4.69) is 16.0 Å². The van der Waals surface area contributed by atoms with Gasteiger partial charge < -0.3 is 15.2 Å². The van der Waals surface area contributed by atoms with Crippen molar-refractivity contribution in [2.24, 2.45) is 0 Å². The Morgan fingerprint density at radius 3 is 2.62 bits per heavy atom. The van der Waals surface area contributed by atoms with E-state index in [1.807, 2.05) is 26.0 Å². The van der Waals surface area contributed by atoms with Crippen LogP contribution in [0.1, 0.15) is 32.3 Å². The molecule has 0 atom stereocenters. The van der Waals surface area contributed by atoms with Crippen LogP contribution in [0.25, 0.3) is 11.3 Å². The first-order chi connectivity index (χ1) is 11.8. The number of nitrogens with zero attached hydrogens (tertiary/aromatic N) is 3. The molecule has 126 valence electrons. The number of aromatic nitrogens is 2. The number of hydrogen-bond acceptors (Lipinski definition) is 6. The average Bonchev–Trinajstić information content (AvgIpc) is 2.64. The van der Waals surface area contributed by atoms with Crippen LogP contribution in [-0.2, 0) is 4.74 Å². The molecule has 0 aliphatic carbocycles. The minimum atomic E-state index is 0.0985. The van der Waals surface area contributed by atoms with Gasteiger partial charge in [-0.15, -0.1) is 0 Å². The van der Waals surface area contributed by atoms with E-state index in [1.165, 1.54) is 6.33 Å². The number of nitriles is 1. The maximum atomic E-state index is 9.36. The molecule has 0 radical (unpaired) electrons. The lowest BCUT2D eigenvalue weighted by Gasteiger charge is -2.23. The molecule has 2 aromatic rings. The minimum Gasteiger partial charge on any atom is -0.489 e. The fourth-order valence-electron chi connectivity index (χ4n) is 2.38. The van der Waals surface area contributed by atoms with Gasteiger partial charge in [0.2, 0.25) is 0 Å². The summed E-state index contributed by atoms with van der Waals surface area (Å²) in [6.07, 6.45) is 3.19. The highest BCUT2D eigenvalue weighted by Crippen LogP contribution is 2.27. The molecule has 1 saturated heterocycles. The van der Waals surface area contributed by atoms with Crippen molar-refractivity contribution < 1.29 is 9.47 Å². The quantitative estimate of drug-likeness (QED) is 0.931. The Morgan fingerprint density at radius 1 is 1.21 bits per heavy atom. The summed E-state index contributed by atoms with van der Waals surface area (Å²) < 4.78 is 11.2. The van der Waals surface area contributed by atoms with E-state index < -0.39 is 0 Å². The maximum Gasteiger partial charge on any atom is 0.137 e. The molecule has 0 bridgehead atoms. The van der Waals surface area contributed by atoms with Crippen molar-refractivity contribution in [3.05, 3.63) is 36.2 Å². The summed E-state index contributed by atoms with van der Waals surface area (Å²) in [5.74, 6) is 0.992. The molecule has 24 heavy (non-hydrogen) atoms. The summed E-state index contributed by atoms with van der Waals surface area (Å²) in [6, 6.07) is 9.29. The second-order valence-electron chi connectivity index (χ2n) is 5.08. The van der Waals surface area contributed by atoms with Crippen molar-refractivity contribution in [1.82, 2.24) is 9.97 Å². The molecule has 1 aromatic carbocycles. The van der Waals surface area contributed by atoms with Crippen LogP contribution >= 0.6 is 0 Å². The van der Waals surface area contributed by atoms with Crippen molar-refractivity contribution in [1.29, 1.82) is 5.26 Å². The van der Waals surface area contributed by atoms with Gasteiger partial charge in [0.05, 0.1) is 24.5 Å². The topological polar surface area (TPSA) is 94.1 Å². The molecule has 1 aliphatic heterocycles. The standard InChI is InChI=1S/C16H16N4O2.C2H6/c17-9-12-7-11(14-8-16(18)20-10-19-14)1-2-15(12)22-13-3-5-21-6-4-13;1-2/h1-2,7-8,10,13H,3-6H2,(H2,18,19,20);1-2H3. The van der Waals surface area contributed by atoms with E-state index in [9.17, 15) is 5.26 Å². The first-order valence-electron chi connectivity index (χ1n) is 8.12. The van der Waals surface area contributed by atoms with Crippen LogP contribution in [0.3, 0.4) is 0 Å². The molecule has 6 heteroatoms. The van der Waals surface area contributed by atoms with Gasteiger partial charge in [-0.1, -0.05) is 13.8 Å². The smallest absolute Gasteiger partial charge is 0.137 e. The SMILES string of the molecule is CC.N#Cc1cc(-c2cc(N)ncn2)ccc1OC1CCOCC1.